The van der Waals surface area contributed by atoms with Gasteiger partial charge in [-0.1, -0.05) is 42.5 Å². The molecule has 0 saturated carbocycles. The third kappa shape index (κ3) is 3.34. The van der Waals surface area contributed by atoms with E-state index in [9.17, 15) is 9.59 Å². The topological polar surface area (TPSA) is 76.7 Å². The molecule has 0 atom stereocenters. The summed E-state index contributed by atoms with van der Waals surface area (Å²) in [5.74, 6) is -0.487. The highest BCUT2D eigenvalue weighted by molar-refractivity contribution is 5.86. The Hall–Kier alpha value is -3.60. The molecule has 4 aromatic rings. The molecule has 3 aromatic carbocycles. The quantitative estimate of drug-likeness (QED) is 0.522. The van der Waals surface area contributed by atoms with Gasteiger partial charge in [-0.05, 0) is 41.0 Å². The third-order valence-corrected chi connectivity index (χ3v) is 4.86. The van der Waals surface area contributed by atoms with Gasteiger partial charge in [0.1, 0.15) is 17.9 Å². The number of fused-ring (bicyclic) bond motifs is 2. The van der Waals surface area contributed by atoms with Crippen LogP contribution in [0.3, 0.4) is 0 Å². The molecule has 0 spiro atoms. The maximum Gasteiger partial charge on any atom is 0.340 e. The second-order valence-electron chi connectivity index (χ2n) is 6.65. The molecule has 0 aliphatic rings. The first kappa shape index (κ1) is 17.8. The predicted molar refractivity (Wildman–Crippen MR) is 107 cm³/mol. The van der Waals surface area contributed by atoms with Crippen molar-refractivity contribution in [1.82, 2.24) is 0 Å². The Kier molecular flexibility index (Phi) is 4.57. The van der Waals surface area contributed by atoms with E-state index in [-0.39, 0.29) is 12.0 Å². The fourth-order valence-corrected chi connectivity index (χ4v) is 3.40. The van der Waals surface area contributed by atoms with E-state index in [4.69, 9.17) is 14.3 Å². The highest BCUT2D eigenvalue weighted by Crippen LogP contribution is 2.26. The lowest BCUT2D eigenvalue weighted by molar-refractivity contribution is -0.136. The summed E-state index contributed by atoms with van der Waals surface area (Å²) in [5, 5.41) is 12.0. The minimum atomic E-state index is -1.07. The number of carboxylic acids is 1. The van der Waals surface area contributed by atoms with Crippen molar-refractivity contribution < 1.29 is 19.1 Å². The van der Waals surface area contributed by atoms with E-state index in [1.54, 1.807) is 25.1 Å². The van der Waals surface area contributed by atoms with Gasteiger partial charge in [0.15, 0.2) is 0 Å². The van der Waals surface area contributed by atoms with E-state index in [0.717, 1.165) is 16.3 Å². The maximum atomic E-state index is 12.2. The smallest absolute Gasteiger partial charge is 0.340 e. The first-order valence-corrected chi connectivity index (χ1v) is 8.90. The summed E-state index contributed by atoms with van der Waals surface area (Å²) >= 11 is 0. The molecule has 28 heavy (non-hydrogen) atoms. The van der Waals surface area contributed by atoms with E-state index in [1.165, 1.54) is 0 Å². The number of carboxylic acid groups (broad SMARTS) is 1. The Bertz CT molecular complexity index is 1250. The molecule has 5 nitrogen and oxygen atoms in total. The zero-order chi connectivity index (χ0) is 19.7. The molecule has 1 aromatic heterocycles. The van der Waals surface area contributed by atoms with Gasteiger partial charge in [0.05, 0.1) is 12.0 Å². The lowest BCUT2D eigenvalue weighted by atomic mass is 10.0. The van der Waals surface area contributed by atoms with Crippen LogP contribution in [0, 0.1) is 6.92 Å². The number of hydrogen-bond acceptors (Lipinski definition) is 4. The molecule has 0 bridgehead atoms. The van der Waals surface area contributed by atoms with Crippen molar-refractivity contribution in [2.75, 3.05) is 0 Å². The Morgan fingerprint density at radius 1 is 1.04 bits per heavy atom. The van der Waals surface area contributed by atoms with Gasteiger partial charge in [-0.2, -0.15) is 0 Å². The van der Waals surface area contributed by atoms with Gasteiger partial charge in [0.25, 0.3) is 0 Å². The molecule has 0 aliphatic carbocycles. The van der Waals surface area contributed by atoms with Crippen molar-refractivity contribution >= 4 is 27.7 Å². The van der Waals surface area contributed by atoms with Gasteiger partial charge in [-0.15, -0.1) is 0 Å². The van der Waals surface area contributed by atoms with E-state index in [2.05, 4.69) is 18.2 Å². The molecule has 0 unspecified atom stereocenters. The van der Waals surface area contributed by atoms with Crippen LogP contribution in [0.4, 0.5) is 0 Å². The lowest BCUT2D eigenvalue weighted by Crippen LogP contribution is -2.14. The highest BCUT2D eigenvalue weighted by Gasteiger charge is 2.15. The molecule has 0 fully saturated rings. The van der Waals surface area contributed by atoms with Crippen LogP contribution in [-0.4, -0.2) is 11.1 Å². The van der Waals surface area contributed by atoms with Crippen LogP contribution in [0.1, 0.15) is 16.7 Å². The van der Waals surface area contributed by atoms with E-state index in [0.29, 0.717) is 28.9 Å². The molecule has 5 heteroatoms. The molecular formula is C23H18O5. The molecule has 1 N–H and O–H groups in total. The largest absolute Gasteiger partial charge is 0.489 e. The summed E-state index contributed by atoms with van der Waals surface area (Å²) < 4.78 is 11.3. The number of aliphatic carboxylic acids is 1. The SMILES string of the molecule is Cc1c(CC(=O)O)c(=O)oc2cc(OCc3cccc4ccccc34)ccc12. The van der Waals surface area contributed by atoms with Crippen molar-refractivity contribution in [3.8, 4) is 5.75 Å². The van der Waals surface area contributed by atoms with Crippen LogP contribution in [-0.2, 0) is 17.8 Å². The summed E-state index contributed by atoms with van der Waals surface area (Å²) in [6, 6.07) is 19.4. The number of benzene rings is 3. The monoisotopic (exact) mass is 374 g/mol. The van der Waals surface area contributed by atoms with Crippen molar-refractivity contribution in [3.05, 3.63) is 87.8 Å². The van der Waals surface area contributed by atoms with Crippen LogP contribution < -0.4 is 10.4 Å². The molecule has 1 heterocycles. The second kappa shape index (κ2) is 7.19. The summed E-state index contributed by atoms with van der Waals surface area (Å²) in [6.45, 7) is 2.11. The predicted octanol–water partition coefficient (Wildman–Crippen LogP) is 4.46. The average Bonchev–Trinajstić information content (AvgIpc) is 2.69. The minimum Gasteiger partial charge on any atom is -0.489 e. The second-order valence-corrected chi connectivity index (χ2v) is 6.65. The minimum absolute atomic E-state index is 0.171. The normalized spacial score (nSPS) is 11.0. The van der Waals surface area contributed by atoms with E-state index in [1.807, 2.05) is 24.3 Å². The number of rotatable bonds is 5. The van der Waals surface area contributed by atoms with Gasteiger partial charge < -0.3 is 14.3 Å². The van der Waals surface area contributed by atoms with E-state index >= 15 is 0 Å². The summed E-state index contributed by atoms with van der Waals surface area (Å²) in [7, 11) is 0. The lowest BCUT2D eigenvalue weighted by Gasteiger charge is -2.11. The molecule has 4 rings (SSSR count). The highest BCUT2D eigenvalue weighted by atomic mass is 16.5. The van der Waals surface area contributed by atoms with Gasteiger partial charge >= 0.3 is 11.6 Å². The molecule has 0 radical (unpaired) electrons. The van der Waals surface area contributed by atoms with Crippen LogP contribution in [0.15, 0.2) is 69.9 Å². The van der Waals surface area contributed by atoms with E-state index < -0.39 is 11.6 Å². The Balaban J connectivity index is 1.65. The number of carbonyl (C=O) groups is 1. The van der Waals surface area contributed by atoms with Gasteiger partial charge in [-0.3, -0.25) is 4.79 Å². The maximum absolute atomic E-state index is 12.2. The summed E-state index contributed by atoms with van der Waals surface area (Å²) in [4.78, 5) is 23.1. The Morgan fingerprint density at radius 2 is 1.82 bits per heavy atom. The average molecular weight is 374 g/mol. The van der Waals surface area contributed by atoms with Crippen LogP contribution >= 0.6 is 0 Å². The van der Waals surface area contributed by atoms with Gasteiger partial charge in [-0.25, -0.2) is 4.79 Å². The Morgan fingerprint density at radius 3 is 2.64 bits per heavy atom. The standard InChI is InChI=1S/C23H18O5/c1-14-18-10-9-17(11-21(18)28-23(26)20(14)12-22(24)25)27-13-16-7-4-6-15-5-2-3-8-19(15)16/h2-11H,12-13H2,1H3,(H,24,25). The number of hydrogen-bond donors (Lipinski definition) is 1. The first-order chi connectivity index (χ1) is 13.5. The molecule has 140 valence electrons. The third-order valence-electron chi connectivity index (χ3n) is 4.86. The van der Waals surface area contributed by atoms with Crippen molar-refractivity contribution in [1.29, 1.82) is 0 Å². The molecule has 0 saturated heterocycles. The van der Waals surface area contributed by atoms with Gasteiger partial charge in [0.2, 0.25) is 0 Å². The summed E-state index contributed by atoms with van der Waals surface area (Å²) in [6.07, 6.45) is -0.358. The first-order valence-electron chi connectivity index (χ1n) is 8.90. The van der Waals surface area contributed by atoms with Crippen molar-refractivity contribution in [3.63, 3.8) is 0 Å². The zero-order valence-electron chi connectivity index (χ0n) is 15.3. The van der Waals surface area contributed by atoms with Crippen LogP contribution in [0.25, 0.3) is 21.7 Å². The fraction of sp³-hybridized carbons (Fsp3) is 0.130. The van der Waals surface area contributed by atoms with Crippen LogP contribution in [0.5, 0.6) is 5.75 Å². The zero-order valence-corrected chi connectivity index (χ0v) is 15.3. The fourth-order valence-electron chi connectivity index (χ4n) is 3.40. The summed E-state index contributed by atoms with van der Waals surface area (Å²) in [5.41, 5.74) is 1.61. The molecular weight excluding hydrogens is 356 g/mol. The number of ether oxygens (including phenoxy) is 1. The van der Waals surface area contributed by atoms with Crippen molar-refractivity contribution in [2.45, 2.75) is 20.0 Å². The number of aryl methyl sites for hydroxylation is 1. The molecule has 0 amide bonds. The molecule has 0 aliphatic heterocycles. The Labute approximate surface area is 160 Å². The van der Waals surface area contributed by atoms with Crippen molar-refractivity contribution in [2.24, 2.45) is 0 Å². The van der Waals surface area contributed by atoms with Crippen LogP contribution in [0.2, 0.25) is 0 Å². The van der Waals surface area contributed by atoms with Gasteiger partial charge in [0, 0.05) is 11.5 Å².